The number of aromatic nitrogens is 1. The van der Waals surface area contributed by atoms with Crippen LogP contribution in [0.25, 0.3) is 0 Å². The zero-order valence-corrected chi connectivity index (χ0v) is 10.7. The van der Waals surface area contributed by atoms with Crippen molar-refractivity contribution in [1.29, 1.82) is 0 Å². The average molecular weight is 220 g/mol. The van der Waals surface area contributed by atoms with E-state index < -0.39 is 0 Å². The molecule has 90 valence electrons. The van der Waals surface area contributed by atoms with Crippen molar-refractivity contribution in [2.75, 3.05) is 7.05 Å². The van der Waals surface area contributed by atoms with Gasteiger partial charge in [-0.3, -0.25) is 4.98 Å². The molecule has 0 fully saturated rings. The molecule has 1 unspecified atom stereocenters. The summed E-state index contributed by atoms with van der Waals surface area (Å²) in [7, 11) is 2.08. The van der Waals surface area contributed by atoms with Crippen LogP contribution in [0, 0.1) is 5.92 Å². The lowest BCUT2D eigenvalue weighted by Crippen LogP contribution is -2.33. The van der Waals surface area contributed by atoms with Gasteiger partial charge in [0.05, 0.1) is 0 Å². The van der Waals surface area contributed by atoms with Gasteiger partial charge in [0.2, 0.25) is 0 Å². The van der Waals surface area contributed by atoms with Gasteiger partial charge in [-0.15, -0.1) is 0 Å². The van der Waals surface area contributed by atoms with Gasteiger partial charge < -0.3 is 5.32 Å². The Morgan fingerprint density at radius 1 is 1.31 bits per heavy atom. The van der Waals surface area contributed by atoms with Crippen LogP contribution < -0.4 is 5.32 Å². The van der Waals surface area contributed by atoms with Gasteiger partial charge in [-0.2, -0.15) is 0 Å². The maximum absolute atomic E-state index is 4.15. The molecule has 1 heterocycles. The molecule has 1 atom stereocenters. The highest BCUT2D eigenvalue weighted by atomic mass is 14.9. The highest BCUT2D eigenvalue weighted by molar-refractivity contribution is 5.08. The Morgan fingerprint density at radius 2 is 2.06 bits per heavy atom. The van der Waals surface area contributed by atoms with Gasteiger partial charge in [0, 0.05) is 18.4 Å². The predicted octanol–water partition coefficient (Wildman–Crippen LogP) is 3.04. The molecule has 0 saturated carbocycles. The van der Waals surface area contributed by atoms with E-state index in [0.717, 1.165) is 12.3 Å². The van der Waals surface area contributed by atoms with Crippen LogP contribution in [0.3, 0.4) is 0 Å². The van der Waals surface area contributed by atoms with Gasteiger partial charge in [-0.25, -0.2) is 0 Å². The van der Waals surface area contributed by atoms with E-state index in [1.54, 1.807) is 0 Å². The molecule has 0 amide bonds. The number of nitrogens with zero attached hydrogens (tertiary/aromatic N) is 1. The van der Waals surface area contributed by atoms with Crippen molar-refractivity contribution < 1.29 is 0 Å². The molecule has 0 radical (unpaired) electrons. The van der Waals surface area contributed by atoms with Crippen LogP contribution in [0.4, 0.5) is 0 Å². The van der Waals surface area contributed by atoms with Crippen molar-refractivity contribution >= 4 is 0 Å². The van der Waals surface area contributed by atoms with Crippen molar-refractivity contribution in [2.24, 2.45) is 5.92 Å². The molecule has 2 heteroatoms. The van der Waals surface area contributed by atoms with Gasteiger partial charge in [-0.1, -0.05) is 32.8 Å². The smallest absolute Gasteiger partial charge is 0.0299 e. The minimum absolute atomic E-state index is 0.634. The maximum atomic E-state index is 4.15. The third kappa shape index (κ3) is 3.93. The number of aryl methyl sites for hydroxylation is 1. The molecule has 0 spiro atoms. The van der Waals surface area contributed by atoms with E-state index in [4.69, 9.17) is 0 Å². The second kappa shape index (κ2) is 7.39. The van der Waals surface area contributed by atoms with E-state index in [1.165, 1.54) is 24.8 Å². The van der Waals surface area contributed by atoms with Crippen molar-refractivity contribution in [3.8, 4) is 0 Å². The Kier molecular flexibility index (Phi) is 6.09. The Balaban J connectivity index is 2.45. The second-order valence-corrected chi connectivity index (χ2v) is 4.37. The molecular formula is C14H24N2. The third-order valence-electron chi connectivity index (χ3n) is 3.46. The molecule has 0 saturated heterocycles. The molecule has 1 rings (SSSR count). The molecule has 16 heavy (non-hydrogen) atoms. The van der Waals surface area contributed by atoms with E-state index in [0.29, 0.717) is 6.04 Å². The van der Waals surface area contributed by atoms with Gasteiger partial charge in [0.1, 0.15) is 0 Å². The van der Waals surface area contributed by atoms with Crippen LogP contribution >= 0.6 is 0 Å². The molecule has 1 aromatic rings. The topological polar surface area (TPSA) is 24.9 Å². The summed E-state index contributed by atoms with van der Waals surface area (Å²) in [5, 5.41) is 3.45. The number of pyridine rings is 1. The normalized spacial score (nSPS) is 13.0. The molecule has 1 N–H and O–H groups in total. The summed E-state index contributed by atoms with van der Waals surface area (Å²) in [6, 6.07) is 4.81. The summed E-state index contributed by atoms with van der Waals surface area (Å²) in [4.78, 5) is 4.15. The predicted molar refractivity (Wildman–Crippen MR) is 69.5 cm³/mol. The van der Waals surface area contributed by atoms with Crippen molar-refractivity contribution in [3.63, 3.8) is 0 Å². The maximum Gasteiger partial charge on any atom is 0.0299 e. The SMILES string of the molecule is CCC(CC)C(CCc1cccnc1)NC. The van der Waals surface area contributed by atoms with Crippen LogP contribution in [0.15, 0.2) is 24.5 Å². The average Bonchev–Trinajstić information content (AvgIpc) is 2.35. The Morgan fingerprint density at radius 3 is 2.56 bits per heavy atom. The van der Waals surface area contributed by atoms with E-state index in [-0.39, 0.29) is 0 Å². The fourth-order valence-electron chi connectivity index (χ4n) is 2.34. The third-order valence-corrected chi connectivity index (χ3v) is 3.46. The molecule has 0 bridgehead atoms. The summed E-state index contributed by atoms with van der Waals surface area (Å²) < 4.78 is 0. The largest absolute Gasteiger partial charge is 0.317 e. The van der Waals surface area contributed by atoms with Crippen LogP contribution in [-0.2, 0) is 6.42 Å². The summed E-state index contributed by atoms with van der Waals surface area (Å²) in [6.07, 6.45) is 8.65. The van der Waals surface area contributed by atoms with Crippen LogP contribution in [0.1, 0.15) is 38.7 Å². The monoisotopic (exact) mass is 220 g/mol. The van der Waals surface area contributed by atoms with Crippen molar-refractivity contribution in [3.05, 3.63) is 30.1 Å². The Labute approximate surface area is 99.5 Å². The quantitative estimate of drug-likeness (QED) is 0.764. The van der Waals surface area contributed by atoms with Crippen molar-refractivity contribution in [1.82, 2.24) is 10.3 Å². The minimum atomic E-state index is 0.634. The fraction of sp³-hybridized carbons (Fsp3) is 0.643. The molecule has 1 aromatic heterocycles. The van der Waals surface area contributed by atoms with Gasteiger partial charge in [0.15, 0.2) is 0 Å². The van der Waals surface area contributed by atoms with Crippen LogP contribution in [0.2, 0.25) is 0 Å². The number of nitrogens with one attached hydrogen (secondary N) is 1. The Bertz CT molecular complexity index is 267. The lowest BCUT2D eigenvalue weighted by molar-refractivity contribution is 0.334. The first kappa shape index (κ1) is 13.2. The summed E-state index contributed by atoms with van der Waals surface area (Å²) >= 11 is 0. The van der Waals surface area contributed by atoms with Gasteiger partial charge in [-0.05, 0) is 37.4 Å². The molecule has 0 aromatic carbocycles. The number of hydrogen-bond donors (Lipinski definition) is 1. The lowest BCUT2D eigenvalue weighted by Gasteiger charge is -2.24. The van der Waals surface area contributed by atoms with Crippen LogP contribution in [-0.4, -0.2) is 18.1 Å². The van der Waals surface area contributed by atoms with Gasteiger partial charge in [0.25, 0.3) is 0 Å². The molecular weight excluding hydrogens is 196 g/mol. The summed E-state index contributed by atoms with van der Waals surface area (Å²) in [5.41, 5.74) is 1.34. The highest BCUT2D eigenvalue weighted by Crippen LogP contribution is 2.17. The first-order valence-corrected chi connectivity index (χ1v) is 6.37. The standard InChI is InChI=1S/C14H24N2/c1-4-13(5-2)14(15-3)9-8-12-7-6-10-16-11-12/h6-7,10-11,13-15H,4-5,8-9H2,1-3H3. The van der Waals surface area contributed by atoms with E-state index in [2.05, 4.69) is 37.3 Å². The van der Waals surface area contributed by atoms with E-state index in [1.807, 2.05) is 18.5 Å². The molecule has 0 aliphatic rings. The zero-order valence-electron chi connectivity index (χ0n) is 10.7. The summed E-state index contributed by atoms with van der Waals surface area (Å²) in [6.45, 7) is 4.56. The zero-order chi connectivity index (χ0) is 11.8. The van der Waals surface area contributed by atoms with Crippen LogP contribution in [0.5, 0.6) is 0 Å². The minimum Gasteiger partial charge on any atom is -0.317 e. The number of hydrogen-bond acceptors (Lipinski definition) is 2. The van der Waals surface area contributed by atoms with E-state index in [9.17, 15) is 0 Å². The Hall–Kier alpha value is -0.890. The molecule has 2 nitrogen and oxygen atoms in total. The summed E-state index contributed by atoms with van der Waals surface area (Å²) in [5.74, 6) is 0.793. The van der Waals surface area contributed by atoms with Gasteiger partial charge >= 0.3 is 0 Å². The molecule has 0 aliphatic carbocycles. The first-order valence-electron chi connectivity index (χ1n) is 6.37. The first-order chi connectivity index (χ1) is 7.81. The lowest BCUT2D eigenvalue weighted by atomic mass is 9.90. The molecule has 0 aliphatic heterocycles. The number of rotatable bonds is 7. The fourth-order valence-corrected chi connectivity index (χ4v) is 2.34. The second-order valence-electron chi connectivity index (χ2n) is 4.37. The van der Waals surface area contributed by atoms with E-state index >= 15 is 0 Å². The highest BCUT2D eigenvalue weighted by Gasteiger charge is 2.15. The van der Waals surface area contributed by atoms with Crippen molar-refractivity contribution in [2.45, 2.75) is 45.6 Å².